The third kappa shape index (κ3) is 4.60. The van der Waals surface area contributed by atoms with Gasteiger partial charge in [0.15, 0.2) is 0 Å². The Labute approximate surface area is 175 Å². The van der Waals surface area contributed by atoms with Crippen LogP contribution in [0.3, 0.4) is 0 Å². The lowest BCUT2D eigenvalue weighted by Gasteiger charge is -2.33. The van der Waals surface area contributed by atoms with E-state index in [1.54, 1.807) is 49.4 Å². The number of hydrogen-bond donors (Lipinski definition) is 3. The van der Waals surface area contributed by atoms with E-state index >= 15 is 0 Å². The first-order valence-corrected chi connectivity index (χ1v) is 9.71. The summed E-state index contributed by atoms with van der Waals surface area (Å²) in [7, 11) is 0. The fourth-order valence-electron chi connectivity index (χ4n) is 2.94. The van der Waals surface area contributed by atoms with Crippen molar-refractivity contribution in [3.8, 4) is 5.75 Å². The van der Waals surface area contributed by atoms with Gasteiger partial charge in [-0.05, 0) is 49.2 Å². The quantitative estimate of drug-likeness (QED) is 0.701. The summed E-state index contributed by atoms with van der Waals surface area (Å²) in [5.41, 5.74) is 6.67. The van der Waals surface area contributed by atoms with Crippen LogP contribution in [0.5, 0.6) is 5.75 Å². The van der Waals surface area contributed by atoms with Crippen molar-refractivity contribution in [1.29, 1.82) is 0 Å². The lowest BCUT2D eigenvalue weighted by molar-refractivity contribution is -0.117. The van der Waals surface area contributed by atoms with Crippen molar-refractivity contribution in [2.24, 2.45) is 11.1 Å². The maximum Gasteiger partial charge on any atom is 0.420 e. The van der Waals surface area contributed by atoms with Crippen molar-refractivity contribution >= 4 is 29.3 Å². The largest absolute Gasteiger partial charge is 0.420 e. The van der Waals surface area contributed by atoms with Crippen molar-refractivity contribution in [3.05, 3.63) is 54.1 Å². The van der Waals surface area contributed by atoms with Crippen molar-refractivity contribution in [1.82, 2.24) is 5.32 Å². The van der Waals surface area contributed by atoms with Gasteiger partial charge in [-0.15, -0.1) is 0 Å². The van der Waals surface area contributed by atoms with Crippen LogP contribution in [0, 0.1) is 5.41 Å². The van der Waals surface area contributed by atoms with Crippen LogP contribution < -0.4 is 26.0 Å². The monoisotopic (exact) mass is 410 g/mol. The molecule has 1 aliphatic rings. The van der Waals surface area contributed by atoms with Crippen LogP contribution in [0.25, 0.3) is 0 Å². The summed E-state index contributed by atoms with van der Waals surface area (Å²) < 4.78 is 5.41. The fraction of sp³-hybridized carbons (Fsp3) is 0.318. The zero-order valence-corrected chi connectivity index (χ0v) is 17.3. The van der Waals surface area contributed by atoms with Crippen LogP contribution in [0.1, 0.15) is 31.1 Å². The number of anilines is 2. The Morgan fingerprint density at radius 2 is 1.90 bits per heavy atom. The number of ether oxygens (including phenoxy) is 1. The molecule has 8 heteroatoms. The first-order chi connectivity index (χ1) is 14.2. The Hall–Kier alpha value is -3.39. The summed E-state index contributed by atoms with van der Waals surface area (Å²) in [6.07, 6.45) is -0.674. The number of para-hydroxylation sites is 1. The Balaban J connectivity index is 1.83. The number of rotatable bonds is 5. The summed E-state index contributed by atoms with van der Waals surface area (Å²) in [5, 5.41) is 5.60. The molecule has 158 valence electrons. The number of benzene rings is 2. The first-order valence-electron chi connectivity index (χ1n) is 9.71. The predicted octanol–water partition coefficient (Wildman–Crippen LogP) is 2.75. The van der Waals surface area contributed by atoms with Gasteiger partial charge in [-0.3, -0.25) is 14.5 Å². The van der Waals surface area contributed by atoms with Gasteiger partial charge >= 0.3 is 6.09 Å². The molecule has 3 amide bonds. The number of amides is 3. The van der Waals surface area contributed by atoms with Gasteiger partial charge < -0.3 is 21.1 Å². The number of nitrogens with one attached hydrogen (secondary N) is 2. The number of hydrogen-bond acceptors (Lipinski definition) is 5. The van der Waals surface area contributed by atoms with E-state index in [0.29, 0.717) is 35.8 Å². The molecule has 30 heavy (non-hydrogen) atoms. The van der Waals surface area contributed by atoms with Crippen molar-refractivity contribution in [3.63, 3.8) is 0 Å². The molecule has 1 aliphatic heterocycles. The third-order valence-corrected chi connectivity index (χ3v) is 4.97. The Morgan fingerprint density at radius 1 is 1.20 bits per heavy atom. The molecule has 2 aromatic carbocycles. The summed E-state index contributed by atoms with van der Waals surface area (Å²) in [5.74, 6) is -0.277. The molecule has 3 rings (SSSR count). The smallest absolute Gasteiger partial charge is 0.410 e. The molecule has 1 unspecified atom stereocenters. The molecular formula is C22H26N4O4. The van der Waals surface area contributed by atoms with Gasteiger partial charge in [-0.1, -0.05) is 32.0 Å². The maximum absolute atomic E-state index is 12.8. The topological polar surface area (TPSA) is 114 Å². The molecule has 1 heterocycles. The van der Waals surface area contributed by atoms with E-state index in [0.717, 1.165) is 0 Å². The van der Waals surface area contributed by atoms with Crippen LogP contribution in [-0.2, 0) is 4.79 Å². The molecule has 2 aromatic rings. The average Bonchev–Trinajstić information content (AvgIpc) is 2.73. The summed E-state index contributed by atoms with van der Waals surface area (Å²) in [4.78, 5) is 39.0. The minimum absolute atomic E-state index is 0.231. The van der Waals surface area contributed by atoms with Gasteiger partial charge in [0.05, 0.1) is 11.4 Å². The van der Waals surface area contributed by atoms with Crippen LogP contribution in [0.15, 0.2) is 48.5 Å². The SMILES string of the molecule is CC1C(=O)Nc2cc(C(=O)NCC(C)(C)CN)ccc2N1C(=O)Oc1ccccc1. The molecule has 4 N–H and O–H groups in total. The molecule has 0 spiro atoms. The van der Waals surface area contributed by atoms with Crippen LogP contribution in [-0.4, -0.2) is 37.0 Å². The Bertz CT molecular complexity index is 959. The minimum Gasteiger partial charge on any atom is -0.410 e. The molecule has 0 bridgehead atoms. The number of nitrogens with zero attached hydrogens (tertiary/aromatic N) is 1. The summed E-state index contributed by atoms with van der Waals surface area (Å²) >= 11 is 0. The van der Waals surface area contributed by atoms with Gasteiger partial charge in [0.25, 0.3) is 5.91 Å². The first kappa shape index (κ1) is 21.3. The Morgan fingerprint density at radius 3 is 2.57 bits per heavy atom. The standard InChI is InChI=1S/C22H26N4O4/c1-14-19(27)25-17-11-15(20(28)24-13-22(2,3)12-23)9-10-18(17)26(14)21(29)30-16-7-5-4-6-8-16/h4-11,14H,12-13,23H2,1-3H3,(H,24,28)(H,25,27). The maximum atomic E-state index is 12.8. The normalized spacial score (nSPS) is 15.8. The molecule has 0 fully saturated rings. The van der Waals surface area contributed by atoms with E-state index in [1.165, 1.54) is 4.90 Å². The second kappa shape index (κ2) is 8.54. The van der Waals surface area contributed by atoms with E-state index in [2.05, 4.69) is 10.6 Å². The highest BCUT2D eigenvalue weighted by Gasteiger charge is 2.35. The third-order valence-electron chi connectivity index (χ3n) is 4.97. The van der Waals surface area contributed by atoms with Gasteiger partial charge in [-0.2, -0.15) is 0 Å². The Kier molecular flexibility index (Phi) is 6.07. The van der Waals surface area contributed by atoms with Crippen molar-refractivity contribution < 1.29 is 19.1 Å². The molecule has 8 nitrogen and oxygen atoms in total. The van der Waals surface area contributed by atoms with Gasteiger partial charge in [0.1, 0.15) is 11.8 Å². The van der Waals surface area contributed by atoms with E-state index in [9.17, 15) is 14.4 Å². The number of carbonyl (C=O) groups excluding carboxylic acids is 3. The predicted molar refractivity (Wildman–Crippen MR) is 115 cm³/mol. The number of nitrogens with two attached hydrogens (primary N) is 1. The average molecular weight is 410 g/mol. The molecule has 0 saturated heterocycles. The number of fused-ring (bicyclic) bond motifs is 1. The fourth-order valence-corrected chi connectivity index (χ4v) is 2.94. The van der Waals surface area contributed by atoms with E-state index in [4.69, 9.17) is 10.5 Å². The molecule has 0 saturated carbocycles. The van der Waals surface area contributed by atoms with E-state index in [1.807, 2.05) is 19.9 Å². The van der Waals surface area contributed by atoms with Gasteiger partial charge in [-0.25, -0.2) is 4.79 Å². The minimum atomic E-state index is -0.765. The van der Waals surface area contributed by atoms with Gasteiger partial charge in [0.2, 0.25) is 5.91 Å². The molecule has 0 aromatic heterocycles. The van der Waals surface area contributed by atoms with Gasteiger partial charge in [0, 0.05) is 12.1 Å². The highest BCUT2D eigenvalue weighted by atomic mass is 16.6. The summed E-state index contributed by atoms with van der Waals surface area (Å²) in [6.45, 7) is 6.37. The second-order valence-corrected chi connectivity index (χ2v) is 8.00. The van der Waals surface area contributed by atoms with Crippen LogP contribution >= 0.6 is 0 Å². The molecular weight excluding hydrogens is 384 g/mol. The molecule has 1 atom stereocenters. The number of carbonyl (C=O) groups is 3. The van der Waals surface area contributed by atoms with Crippen molar-refractivity contribution in [2.75, 3.05) is 23.3 Å². The van der Waals surface area contributed by atoms with E-state index < -0.39 is 12.1 Å². The molecule has 0 aliphatic carbocycles. The second-order valence-electron chi connectivity index (χ2n) is 8.00. The highest BCUT2D eigenvalue weighted by Crippen LogP contribution is 2.33. The van der Waals surface area contributed by atoms with E-state index in [-0.39, 0.29) is 17.2 Å². The summed E-state index contributed by atoms with van der Waals surface area (Å²) in [6, 6.07) is 12.6. The lowest BCUT2D eigenvalue weighted by atomic mass is 9.94. The zero-order valence-electron chi connectivity index (χ0n) is 17.3. The lowest BCUT2D eigenvalue weighted by Crippen LogP contribution is -2.50. The van der Waals surface area contributed by atoms with Crippen LogP contribution in [0.2, 0.25) is 0 Å². The molecule has 0 radical (unpaired) electrons. The van der Waals surface area contributed by atoms with Crippen molar-refractivity contribution in [2.45, 2.75) is 26.8 Å². The van der Waals surface area contributed by atoms with Crippen LogP contribution in [0.4, 0.5) is 16.2 Å². The highest BCUT2D eigenvalue weighted by molar-refractivity contribution is 6.11. The zero-order chi connectivity index (χ0) is 21.9.